The van der Waals surface area contributed by atoms with Gasteiger partial charge >= 0.3 is 0 Å². The van der Waals surface area contributed by atoms with Gasteiger partial charge in [0.15, 0.2) is 0 Å². The molecule has 2 heterocycles. The van der Waals surface area contributed by atoms with E-state index in [2.05, 4.69) is 11.1 Å². The first kappa shape index (κ1) is 19.6. The molecule has 0 atom stereocenters. The monoisotopic (exact) mass is 394 g/mol. The molecule has 0 saturated heterocycles. The van der Waals surface area contributed by atoms with Gasteiger partial charge in [-0.2, -0.15) is 10.5 Å². The number of aromatic nitrogens is 2. The van der Waals surface area contributed by atoms with E-state index < -0.39 is 5.82 Å². The maximum absolute atomic E-state index is 14.6. The van der Waals surface area contributed by atoms with Gasteiger partial charge in [-0.3, -0.25) is 0 Å². The molecule has 0 bridgehead atoms. The van der Waals surface area contributed by atoms with Gasteiger partial charge in [-0.05, 0) is 37.6 Å². The Kier molecular flexibility index (Phi) is 5.46. The molecule has 0 spiro atoms. The number of aliphatic hydroxyl groups excluding tert-OH is 1. The van der Waals surface area contributed by atoms with Crippen LogP contribution in [0.4, 0.5) is 4.39 Å². The number of nitriles is 2. The summed E-state index contributed by atoms with van der Waals surface area (Å²) >= 11 is 5.95. The van der Waals surface area contributed by atoms with E-state index in [0.717, 1.165) is 11.3 Å². The summed E-state index contributed by atoms with van der Waals surface area (Å²) in [4.78, 5) is 4.08. The van der Waals surface area contributed by atoms with Crippen LogP contribution in [0.25, 0.3) is 11.1 Å². The molecule has 0 fully saturated rings. The average molecular weight is 395 g/mol. The third kappa shape index (κ3) is 3.36. The number of hydrogen-bond acceptors (Lipinski definition) is 4. The van der Waals surface area contributed by atoms with Crippen LogP contribution in [0.15, 0.2) is 30.5 Å². The third-order valence-electron chi connectivity index (χ3n) is 4.74. The molecule has 0 aliphatic heterocycles. The van der Waals surface area contributed by atoms with Crippen molar-refractivity contribution < 1.29 is 9.50 Å². The van der Waals surface area contributed by atoms with Gasteiger partial charge in [0.25, 0.3) is 0 Å². The smallest absolute Gasteiger partial charge is 0.134 e. The van der Waals surface area contributed by atoms with Crippen molar-refractivity contribution in [3.63, 3.8) is 0 Å². The minimum atomic E-state index is -0.550. The lowest BCUT2D eigenvalue weighted by Gasteiger charge is -2.11. The van der Waals surface area contributed by atoms with Gasteiger partial charge < -0.3 is 9.67 Å². The summed E-state index contributed by atoms with van der Waals surface area (Å²) in [5.74, 6) is -0.550. The van der Waals surface area contributed by atoms with E-state index >= 15 is 0 Å². The molecule has 0 unspecified atom stereocenters. The lowest BCUT2D eigenvalue weighted by Crippen LogP contribution is -2.05. The van der Waals surface area contributed by atoms with Gasteiger partial charge in [-0.25, -0.2) is 9.37 Å². The fourth-order valence-corrected chi connectivity index (χ4v) is 3.46. The maximum atomic E-state index is 14.6. The van der Waals surface area contributed by atoms with Crippen LogP contribution in [-0.4, -0.2) is 14.7 Å². The average Bonchev–Trinajstić information content (AvgIpc) is 2.93. The number of benzene rings is 1. The van der Waals surface area contributed by atoms with Crippen LogP contribution in [-0.2, 0) is 13.2 Å². The Balaban J connectivity index is 2.13. The first-order valence-electron chi connectivity index (χ1n) is 8.45. The molecule has 0 radical (unpaired) electrons. The van der Waals surface area contributed by atoms with Crippen molar-refractivity contribution in [2.75, 3.05) is 0 Å². The van der Waals surface area contributed by atoms with Crippen LogP contribution in [0.5, 0.6) is 0 Å². The van der Waals surface area contributed by atoms with E-state index in [1.807, 2.05) is 17.6 Å². The lowest BCUT2D eigenvalue weighted by molar-refractivity contribution is 0.281. The van der Waals surface area contributed by atoms with Gasteiger partial charge in [0, 0.05) is 40.8 Å². The predicted octanol–water partition coefficient (Wildman–Crippen LogP) is 4.24. The molecular formula is C21H16ClFN4O. The second-order valence-corrected chi connectivity index (χ2v) is 6.73. The second kappa shape index (κ2) is 7.82. The Morgan fingerprint density at radius 2 is 1.93 bits per heavy atom. The number of halogens is 2. The van der Waals surface area contributed by atoms with Crippen molar-refractivity contribution in [1.82, 2.24) is 9.55 Å². The zero-order valence-electron chi connectivity index (χ0n) is 15.3. The number of rotatable bonds is 4. The van der Waals surface area contributed by atoms with Gasteiger partial charge in [-0.15, -0.1) is 0 Å². The fraction of sp³-hybridized carbons (Fsp3) is 0.190. The summed E-state index contributed by atoms with van der Waals surface area (Å²) < 4.78 is 16.5. The van der Waals surface area contributed by atoms with Gasteiger partial charge in [-0.1, -0.05) is 17.7 Å². The fourth-order valence-electron chi connectivity index (χ4n) is 3.30. The Morgan fingerprint density at radius 1 is 1.18 bits per heavy atom. The highest BCUT2D eigenvalue weighted by Gasteiger charge is 2.22. The summed E-state index contributed by atoms with van der Waals surface area (Å²) in [6.45, 7) is 3.78. The van der Waals surface area contributed by atoms with E-state index in [4.69, 9.17) is 16.9 Å². The highest BCUT2D eigenvalue weighted by molar-refractivity contribution is 6.30. The van der Waals surface area contributed by atoms with Gasteiger partial charge in [0.2, 0.25) is 0 Å². The molecular weight excluding hydrogens is 379 g/mol. The second-order valence-electron chi connectivity index (χ2n) is 6.38. The van der Waals surface area contributed by atoms with Crippen LogP contribution < -0.4 is 0 Å². The third-order valence-corrected chi connectivity index (χ3v) is 5.08. The minimum Gasteiger partial charge on any atom is -0.392 e. The van der Waals surface area contributed by atoms with E-state index in [0.29, 0.717) is 28.9 Å². The van der Waals surface area contributed by atoms with Crippen LogP contribution in [0, 0.1) is 42.3 Å². The Labute approximate surface area is 166 Å². The molecule has 0 aliphatic rings. The zero-order valence-corrected chi connectivity index (χ0v) is 16.0. The molecule has 3 aromatic rings. The van der Waals surface area contributed by atoms with Crippen molar-refractivity contribution in [3.05, 3.63) is 75.1 Å². The molecule has 2 aromatic heterocycles. The van der Waals surface area contributed by atoms with Crippen LogP contribution >= 0.6 is 11.6 Å². The van der Waals surface area contributed by atoms with Gasteiger partial charge in [0.05, 0.1) is 23.8 Å². The number of hydrogen-bond donors (Lipinski definition) is 1. The summed E-state index contributed by atoms with van der Waals surface area (Å²) in [6.07, 6.45) is 1.61. The Hall–Kier alpha value is -3.19. The molecule has 5 nitrogen and oxygen atoms in total. The van der Waals surface area contributed by atoms with Crippen molar-refractivity contribution in [2.45, 2.75) is 27.0 Å². The summed E-state index contributed by atoms with van der Waals surface area (Å²) in [5.41, 5.74) is 4.11. The van der Waals surface area contributed by atoms with E-state index in [1.165, 1.54) is 18.2 Å². The molecule has 7 heteroatoms. The van der Waals surface area contributed by atoms with E-state index in [1.54, 1.807) is 19.2 Å². The van der Waals surface area contributed by atoms with Crippen LogP contribution in [0.2, 0.25) is 5.15 Å². The van der Waals surface area contributed by atoms with Crippen molar-refractivity contribution >= 4 is 11.6 Å². The van der Waals surface area contributed by atoms with E-state index in [-0.39, 0.29) is 22.9 Å². The molecule has 3 rings (SSSR count). The predicted molar refractivity (Wildman–Crippen MR) is 103 cm³/mol. The molecule has 140 valence electrons. The highest BCUT2D eigenvalue weighted by atomic mass is 35.5. The molecule has 0 amide bonds. The Bertz CT molecular complexity index is 1150. The first-order valence-corrected chi connectivity index (χ1v) is 8.83. The molecule has 28 heavy (non-hydrogen) atoms. The Morgan fingerprint density at radius 3 is 2.54 bits per heavy atom. The van der Waals surface area contributed by atoms with Crippen molar-refractivity contribution in [2.24, 2.45) is 0 Å². The standard InChI is InChI=1S/C21H16ClFN4O/c1-12-18(8-25)20(17-4-3-14(7-24)6-19(17)23)13(2)27(12)10-15-5-16(11-28)21(22)26-9-15/h3-6,9,28H,10-11H2,1-2H3. The molecule has 1 aromatic carbocycles. The summed E-state index contributed by atoms with van der Waals surface area (Å²) in [5, 5.41) is 28.2. The maximum Gasteiger partial charge on any atom is 0.134 e. The minimum absolute atomic E-state index is 0.220. The first-order chi connectivity index (χ1) is 13.4. The number of aliphatic hydroxyl groups is 1. The number of nitrogens with zero attached hydrogens (tertiary/aromatic N) is 4. The largest absolute Gasteiger partial charge is 0.392 e. The topological polar surface area (TPSA) is 85.6 Å². The molecule has 0 saturated carbocycles. The molecule has 0 aliphatic carbocycles. The molecule has 1 N–H and O–H groups in total. The van der Waals surface area contributed by atoms with Crippen LogP contribution in [0.1, 0.15) is 33.6 Å². The van der Waals surface area contributed by atoms with Crippen molar-refractivity contribution in [3.8, 4) is 23.3 Å². The summed E-state index contributed by atoms with van der Waals surface area (Å²) in [7, 11) is 0. The summed E-state index contributed by atoms with van der Waals surface area (Å²) in [6, 6.07) is 10.0. The quantitative estimate of drug-likeness (QED) is 0.670. The van der Waals surface area contributed by atoms with E-state index in [9.17, 15) is 14.8 Å². The van der Waals surface area contributed by atoms with Crippen molar-refractivity contribution in [1.29, 1.82) is 10.5 Å². The zero-order chi connectivity index (χ0) is 20.4. The number of pyridine rings is 1. The lowest BCUT2D eigenvalue weighted by atomic mass is 9.99. The normalized spacial score (nSPS) is 10.5. The van der Waals surface area contributed by atoms with Gasteiger partial charge in [0.1, 0.15) is 17.0 Å². The SMILES string of the molecule is Cc1c(C#N)c(-c2ccc(C#N)cc2F)c(C)n1Cc1cnc(Cl)c(CO)c1. The van der Waals surface area contributed by atoms with Crippen LogP contribution in [0.3, 0.4) is 0 Å². The highest BCUT2D eigenvalue weighted by Crippen LogP contribution is 2.34.